The number of hydrogen-bond donors (Lipinski definition) is 2. The second kappa shape index (κ2) is 8.08. The van der Waals surface area contributed by atoms with Gasteiger partial charge >= 0.3 is 0 Å². The Labute approximate surface area is 116 Å². The molecule has 1 aromatic heterocycles. The molecule has 96 valence electrons. The van der Waals surface area contributed by atoms with Gasteiger partial charge in [0.05, 0.1) is 11.1 Å². The van der Waals surface area contributed by atoms with Crippen LogP contribution in [-0.4, -0.2) is 35.0 Å². The maximum Gasteiger partial charge on any atom is 0.0961 e. The van der Waals surface area contributed by atoms with E-state index in [4.69, 9.17) is 0 Å². The predicted octanol–water partition coefficient (Wildman–Crippen LogP) is 2.54. The Hall–Kier alpha value is -0.100. The number of aromatic nitrogens is 1. The van der Waals surface area contributed by atoms with Crippen molar-refractivity contribution in [2.24, 2.45) is 5.92 Å². The quantitative estimate of drug-likeness (QED) is 0.758. The van der Waals surface area contributed by atoms with Gasteiger partial charge in [0, 0.05) is 23.0 Å². The highest BCUT2D eigenvalue weighted by Crippen LogP contribution is 2.18. The average Bonchev–Trinajstić information content (AvgIpc) is 2.28. The third-order valence-electron chi connectivity index (χ3n) is 2.06. The molecule has 0 aliphatic carbocycles. The number of nitrogens with zero attached hydrogens (tertiary/aromatic N) is 1. The van der Waals surface area contributed by atoms with E-state index in [1.807, 2.05) is 12.1 Å². The predicted molar refractivity (Wildman–Crippen MR) is 76.4 cm³/mol. The first-order valence-corrected chi connectivity index (χ1v) is 7.49. The lowest BCUT2D eigenvalue weighted by Crippen LogP contribution is -2.31. The van der Waals surface area contributed by atoms with E-state index >= 15 is 0 Å². The Morgan fingerprint density at radius 3 is 2.76 bits per heavy atom. The van der Waals surface area contributed by atoms with Crippen LogP contribution in [0.4, 0.5) is 0 Å². The van der Waals surface area contributed by atoms with Crippen molar-refractivity contribution < 1.29 is 5.11 Å². The van der Waals surface area contributed by atoms with E-state index < -0.39 is 0 Å². The molecule has 1 rings (SSSR count). The van der Waals surface area contributed by atoms with E-state index in [1.165, 1.54) is 0 Å². The number of halogens is 1. The first-order chi connectivity index (χ1) is 8.08. The van der Waals surface area contributed by atoms with Crippen molar-refractivity contribution in [1.29, 1.82) is 0 Å². The van der Waals surface area contributed by atoms with Gasteiger partial charge < -0.3 is 10.4 Å². The van der Waals surface area contributed by atoms with Crippen molar-refractivity contribution in [3.05, 3.63) is 22.8 Å². The summed E-state index contributed by atoms with van der Waals surface area (Å²) in [5.41, 5.74) is 0. The molecule has 0 fully saturated rings. The lowest BCUT2D eigenvalue weighted by atomic mass is 10.2. The van der Waals surface area contributed by atoms with Crippen LogP contribution >= 0.6 is 27.7 Å². The molecular weight excluding hydrogens is 300 g/mol. The molecule has 0 saturated heterocycles. The first kappa shape index (κ1) is 15.0. The van der Waals surface area contributed by atoms with E-state index in [9.17, 15) is 5.11 Å². The SMILES string of the molecule is CC(C)CNCC(O)CSc1ccc(Br)cn1. The Balaban J connectivity index is 2.19. The maximum absolute atomic E-state index is 9.76. The van der Waals surface area contributed by atoms with Crippen LogP contribution in [0.15, 0.2) is 27.8 Å². The highest BCUT2D eigenvalue weighted by atomic mass is 79.9. The van der Waals surface area contributed by atoms with Crippen LogP contribution < -0.4 is 5.32 Å². The number of aliphatic hydroxyl groups excluding tert-OH is 1. The number of rotatable bonds is 7. The second-order valence-corrected chi connectivity index (χ2v) is 6.29. The van der Waals surface area contributed by atoms with E-state index in [0.717, 1.165) is 16.0 Å². The third-order valence-corrected chi connectivity index (χ3v) is 3.61. The monoisotopic (exact) mass is 318 g/mol. The van der Waals surface area contributed by atoms with Crippen LogP contribution in [-0.2, 0) is 0 Å². The molecule has 0 aliphatic heterocycles. The van der Waals surface area contributed by atoms with Crippen molar-refractivity contribution in [2.75, 3.05) is 18.8 Å². The zero-order valence-corrected chi connectivity index (χ0v) is 12.6. The van der Waals surface area contributed by atoms with Crippen molar-refractivity contribution in [3.63, 3.8) is 0 Å². The minimum Gasteiger partial charge on any atom is -0.391 e. The molecule has 1 aromatic rings. The number of thioether (sulfide) groups is 1. The number of pyridine rings is 1. The molecule has 1 heterocycles. The van der Waals surface area contributed by atoms with E-state index in [2.05, 4.69) is 40.1 Å². The van der Waals surface area contributed by atoms with Crippen LogP contribution in [0.2, 0.25) is 0 Å². The van der Waals surface area contributed by atoms with Gasteiger partial charge in [0.25, 0.3) is 0 Å². The zero-order valence-electron chi connectivity index (χ0n) is 10.2. The molecule has 5 heteroatoms. The molecule has 2 N–H and O–H groups in total. The van der Waals surface area contributed by atoms with Gasteiger partial charge in [-0.2, -0.15) is 0 Å². The van der Waals surface area contributed by atoms with Crippen LogP contribution in [0.3, 0.4) is 0 Å². The molecular formula is C12H19BrN2OS. The van der Waals surface area contributed by atoms with Crippen molar-refractivity contribution >= 4 is 27.7 Å². The Morgan fingerprint density at radius 2 is 2.18 bits per heavy atom. The summed E-state index contributed by atoms with van der Waals surface area (Å²) in [7, 11) is 0. The van der Waals surface area contributed by atoms with Gasteiger partial charge in [-0.1, -0.05) is 13.8 Å². The topological polar surface area (TPSA) is 45.1 Å². The Morgan fingerprint density at radius 1 is 1.41 bits per heavy atom. The first-order valence-electron chi connectivity index (χ1n) is 5.71. The maximum atomic E-state index is 9.76. The standard InChI is InChI=1S/C12H19BrN2OS/c1-9(2)5-14-7-11(16)8-17-12-4-3-10(13)6-15-12/h3-4,6,9,11,14,16H,5,7-8H2,1-2H3. The fourth-order valence-corrected chi connectivity index (χ4v) is 2.23. The largest absolute Gasteiger partial charge is 0.391 e. The van der Waals surface area contributed by atoms with Gasteiger partial charge in [0.15, 0.2) is 0 Å². The molecule has 0 spiro atoms. The minimum atomic E-state index is -0.329. The molecule has 17 heavy (non-hydrogen) atoms. The van der Waals surface area contributed by atoms with Crippen molar-refractivity contribution in [2.45, 2.75) is 25.0 Å². The van der Waals surface area contributed by atoms with Gasteiger partial charge in [0.1, 0.15) is 0 Å². The van der Waals surface area contributed by atoms with Crippen LogP contribution in [0, 0.1) is 5.92 Å². The summed E-state index contributed by atoms with van der Waals surface area (Å²) in [4.78, 5) is 4.24. The Kier molecular flexibility index (Phi) is 7.11. The van der Waals surface area contributed by atoms with Crippen LogP contribution in [0.5, 0.6) is 0 Å². The fraction of sp³-hybridized carbons (Fsp3) is 0.583. The summed E-state index contributed by atoms with van der Waals surface area (Å²) in [6.45, 7) is 5.89. The molecule has 1 unspecified atom stereocenters. The average molecular weight is 319 g/mol. The van der Waals surface area contributed by atoms with E-state index in [0.29, 0.717) is 18.2 Å². The molecule has 0 saturated carbocycles. The molecule has 0 radical (unpaired) electrons. The molecule has 0 aromatic carbocycles. The van der Waals surface area contributed by atoms with Crippen molar-refractivity contribution in [3.8, 4) is 0 Å². The lowest BCUT2D eigenvalue weighted by molar-refractivity contribution is 0.194. The highest BCUT2D eigenvalue weighted by molar-refractivity contribution is 9.10. The normalized spacial score (nSPS) is 13.0. The summed E-state index contributed by atoms with van der Waals surface area (Å²) in [5.74, 6) is 1.28. The Bertz CT molecular complexity index is 319. The lowest BCUT2D eigenvalue weighted by Gasteiger charge is -2.12. The second-order valence-electron chi connectivity index (χ2n) is 4.33. The molecule has 0 bridgehead atoms. The van der Waals surface area contributed by atoms with Gasteiger partial charge in [-0.15, -0.1) is 11.8 Å². The smallest absolute Gasteiger partial charge is 0.0961 e. The third kappa shape index (κ3) is 7.03. The number of hydrogen-bond acceptors (Lipinski definition) is 4. The number of aliphatic hydroxyl groups is 1. The molecule has 0 aliphatic rings. The summed E-state index contributed by atoms with van der Waals surface area (Å²) in [5, 5.41) is 13.9. The summed E-state index contributed by atoms with van der Waals surface area (Å²) < 4.78 is 0.973. The summed E-state index contributed by atoms with van der Waals surface area (Å²) in [6, 6.07) is 3.90. The van der Waals surface area contributed by atoms with E-state index in [1.54, 1.807) is 18.0 Å². The summed E-state index contributed by atoms with van der Waals surface area (Å²) in [6.07, 6.45) is 1.44. The number of nitrogens with one attached hydrogen (secondary N) is 1. The zero-order chi connectivity index (χ0) is 12.7. The van der Waals surface area contributed by atoms with Gasteiger partial charge in [-0.05, 0) is 40.5 Å². The molecule has 3 nitrogen and oxygen atoms in total. The molecule has 0 amide bonds. The van der Waals surface area contributed by atoms with E-state index in [-0.39, 0.29) is 6.10 Å². The summed E-state index contributed by atoms with van der Waals surface area (Å²) >= 11 is 4.92. The van der Waals surface area contributed by atoms with Crippen LogP contribution in [0.1, 0.15) is 13.8 Å². The highest BCUT2D eigenvalue weighted by Gasteiger charge is 2.05. The van der Waals surface area contributed by atoms with Gasteiger partial charge in [0.2, 0.25) is 0 Å². The van der Waals surface area contributed by atoms with Gasteiger partial charge in [-0.3, -0.25) is 0 Å². The van der Waals surface area contributed by atoms with Gasteiger partial charge in [-0.25, -0.2) is 4.98 Å². The molecule has 1 atom stereocenters. The minimum absolute atomic E-state index is 0.329. The van der Waals surface area contributed by atoms with Crippen molar-refractivity contribution in [1.82, 2.24) is 10.3 Å². The van der Waals surface area contributed by atoms with Crippen LogP contribution in [0.25, 0.3) is 0 Å². The fourth-order valence-electron chi connectivity index (χ4n) is 1.23.